The molecule has 1 aromatic carbocycles. The predicted molar refractivity (Wildman–Crippen MR) is 81.6 cm³/mol. The molecule has 0 bridgehead atoms. The fraction of sp³-hybridized carbons (Fsp3) is 0.588. The van der Waals surface area contributed by atoms with Crippen LogP contribution in [0.3, 0.4) is 0 Å². The molecule has 0 aliphatic rings. The van der Waals surface area contributed by atoms with E-state index in [-0.39, 0.29) is 0 Å². The monoisotopic (exact) mass is 278 g/mol. The van der Waals surface area contributed by atoms with E-state index in [2.05, 4.69) is 0 Å². The van der Waals surface area contributed by atoms with Crippen LogP contribution in [0.25, 0.3) is 0 Å². The average molecular weight is 278 g/mol. The number of hydrogen-bond donors (Lipinski definition) is 0. The molecular weight excluding hydrogens is 252 g/mol. The van der Waals surface area contributed by atoms with E-state index in [4.69, 9.17) is 9.47 Å². The molecule has 0 atom stereocenters. The summed E-state index contributed by atoms with van der Waals surface area (Å²) in [6.07, 6.45) is 4.00. The van der Waals surface area contributed by atoms with Crippen molar-refractivity contribution < 1.29 is 14.3 Å². The molecule has 0 aliphatic heterocycles. The SMILES string of the molecule is CCCC(=O)CCCc1cc(OCC)ccc1OCC. The number of Topliss-reactive ketones (excluding diaryl/α,β-unsaturated/α-hetero) is 1. The molecule has 0 spiro atoms. The van der Waals surface area contributed by atoms with Gasteiger partial charge in [-0.25, -0.2) is 0 Å². The Morgan fingerprint density at radius 2 is 1.80 bits per heavy atom. The number of ketones is 1. The largest absolute Gasteiger partial charge is 0.494 e. The second kappa shape index (κ2) is 9.40. The van der Waals surface area contributed by atoms with Crippen LogP contribution in [0.4, 0.5) is 0 Å². The third kappa shape index (κ3) is 5.64. The first kappa shape index (κ1) is 16.5. The molecule has 3 nitrogen and oxygen atoms in total. The fourth-order valence-corrected chi connectivity index (χ4v) is 2.18. The van der Waals surface area contributed by atoms with Gasteiger partial charge in [-0.3, -0.25) is 4.79 Å². The second-order valence-corrected chi connectivity index (χ2v) is 4.78. The molecule has 0 amide bonds. The molecule has 1 rings (SSSR count). The highest BCUT2D eigenvalue weighted by Crippen LogP contribution is 2.26. The van der Waals surface area contributed by atoms with Gasteiger partial charge in [-0.1, -0.05) is 6.92 Å². The van der Waals surface area contributed by atoms with Crippen LogP contribution in [-0.2, 0) is 11.2 Å². The van der Waals surface area contributed by atoms with Crippen molar-refractivity contribution in [3.63, 3.8) is 0 Å². The van der Waals surface area contributed by atoms with E-state index < -0.39 is 0 Å². The van der Waals surface area contributed by atoms with Crippen LogP contribution in [0.15, 0.2) is 18.2 Å². The molecule has 112 valence electrons. The summed E-state index contributed by atoms with van der Waals surface area (Å²) in [5.41, 5.74) is 1.13. The standard InChI is InChI=1S/C17H26O3/c1-4-8-15(18)10-7-9-14-13-16(19-5-2)11-12-17(14)20-6-3/h11-13H,4-10H2,1-3H3. The van der Waals surface area contributed by atoms with Crippen molar-refractivity contribution in [3.05, 3.63) is 23.8 Å². The first-order chi connectivity index (χ1) is 9.71. The summed E-state index contributed by atoms with van der Waals surface area (Å²) >= 11 is 0. The number of ether oxygens (including phenoxy) is 2. The number of hydrogen-bond acceptors (Lipinski definition) is 3. The van der Waals surface area contributed by atoms with Crippen molar-refractivity contribution in [2.45, 2.75) is 52.9 Å². The lowest BCUT2D eigenvalue weighted by Crippen LogP contribution is -2.01. The predicted octanol–water partition coefficient (Wildman–Crippen LogP) is 4.18. The van der Waals surface area contributed by atoms with Crippen molar-refractivity contribution in [2.75, 3.05) is 13.2 Å². The van der Waals surface area contributed by atoms with Gasteiger partial charge in [0.25, 0.3) is 0 Å². The average Bonchev–Trinajstić information content (AvgIpc) is 2.42. The van der Waals surface area contributed by atoms with E-state index in [1.165, 1.54) is 0 Å². The highest BCUT2D eigenvalue weighted by Gasteiger charge is 2.07. The minimum Gasteiger partial charge on any atom is -0.494 e. The molecule has 0 heterocycles. The molecule has 1 aromatic rings. The zero-order valence-electron chi connectivity index (χ0n) is 12.9. The Morgan fingerprint density at radius 1 is 1.05 bits per heavy atom. The zero-order valence-corrected chi connectivity index (χ0v) is 12.9. The van der Waals surface area contributed by atoms with Gasteiger partial charge in [0.15, 0.2) is 0 Å². The first-order valence-corrected chi connectivity index (χ1v) is 7.61. The van der Waals surface area contributed by atoms with Crippen molar-refractivity contribution in [3.8, 4) is 11.5 Å². The minimum absolute atomic E-state index is 0.353. The van der Waals surface area contributed by atoms with Crippen LogP contribution in [0.5, 0.6) is 11.5 Å². The van der Waals surface area contributed by atoms with Crippen LogP contribution in [0.2, 0.25) is 0 Å². The Kier molecular flexibility index (Phi) is 7.78. The number of benzene rings is 1. The maximum absolute atomic E-state index is 11.6. The van der Waals surface area contributed by atoms with Crippen LogP contribution in [0, 0.1) is 0 Å². The summed E-state index contributed by atoms with van der Waals surface area (Å²) < 4.78 is 11.2. The van der Waals surface area contributed by atoms with Gasteiger partial charge in [0.05, 0.1) is 13.2 Å². The van der Waals surface area contributed by atoms with Gasteiger partial charge in [-0.2, -0.15) is 0 Å². The van der Waals surface area contributed by atoms with Crippen LogP contribution in [-0.4, -0.2) is 19.0 Å². The first-order valence-electron chi connectivity index (χ1n) is 7.61. The van der Waals surface area contributed by atoms with E-state index in [1.54, 1.807) is 0 Å². The molecule has 0 N–H and O–H groups in total. The molecule has 0 aliphatic carbocycles. The number of aryl methyl sites for hydroxylation is 1. The molecular formula is C17H26O3. The lowest BCUT2D eigenvalue weighted by Gasteiger charge is -2.12. The van der Waals surface area contributed by atoms with Crippen LogP contribution >= 0.6 is 0 Å². The van der Waals surface area contributed by atoms with E-state index in [0.29, 0.717) is 31.8 Å². The van der Waals surface area contributed by atoms with Crippen molar-refractivity contribution in [2.24, 2.45) is 0 Å². The molecule has 0 fully saturated rings. The summed E-state index contributed by atoms with van der Waals surface area (Å²) in [5, 5.41) is 0. The van der Waals surface area contributed by atoms with Crippen molar-refractivity contribution in [1.29, 1.82) is 0 Å². The lowest BCUT2D eigenvalue weighted by atomic mass is 10.0. The topological polar surface area (TPSA) is 35.5 Å². The normalized spacial score (nSPS) is 10.3. The third-order valence-electron chi connectivity index (χ3n) is 3.07. The fourth-order valence-electron chi connectivity index (χ4n) is 2.18. The van der Waals surface area contributed by atoms with Gasteiger partial charge in [0, 0.05) is 12.8 Å². The zero-order chi connectivity index (χ0) is 14.8. The van der Waals surface area contributed by atoms with E-state index in [0.717, 1.165) is 36.3 Å². The highest BCUT2D eigenvalue weighted by molar-refractivity contribution is 5.78. The van der Waals surface area contributed by atoms with Crippen LogP contribution in [0.1, 0.15) is 52.0 Å². The molecule has 0 saturated carbocycles. The molecule has 0 unspecified atom stereocenters. The van der Waals surface area contributed by atoms with Gasteiger partial charge < -0.3 is 9.47 Å². The van der Waals surface area contributed by atoms with E-state index >= 15 is 0 Å². The quantitative estimate of drug-likeness (QED) is 0.644. The molecule has 0 aromatic heterocycles. The Bertz CT molecular complexity index is 413. The van der Waals surface area contributed by atoms with Crippen LogP contribution < -0.4 is 9.47 Å². The van der Waals surface area contributed by atoms with Crippen molar-refractivity contribution in [1.82, 2.24) is 0 Å². The maximum Gasteiger partial charge on any atom is 0.132 e. The maximum atomic E-state index is 11.6. The number of carbonyl (C=O) groups excluding carboxylic acids is 1. The van der Waals surface area contributed by atoms with Gasteiger partial charge in [-0.15, -0.1) is 0 Å². The number of rotatable bonds is 10. The van der Waals surface area contributed by atoms with Gasteiger partial charge in [0.2, 0.25) is 0 Å². The molecule has 0 saturated heterocycles. The van der Waals surface area contributed by atoms with Gasteiger partial charge in [0.1, 0.15) is 17.3 Å². The molecule has 0 radical (unpaired) electrons. The summed E-state index contributed by atoms with van der Waals surface area (Å²) in [6, 6.07) is 5.91. The lowest BCUT2D eigenvalue weighted by molar-refractivity contribution is -0.119. The minimum atomic E-state index is 0.353. The molecule has 20 heavy (non-hydrogen) atoms. The third-order valence-corrected chi connectivity index (χ3v) is 3.07. The Morgan fingerprint density at radius 3 is 2.45 bits per heavy atom. The van der Waals surface area contributed by atoms with Gasteiger partial charge >= 0.3 is 0 Å². The smallest absolute Gasteiger partial charge is 0.132 e. The highest BCUT2D eigenvalue weighted by atomic mass is 16.5. The van der Waals surface area contributed by atoms with Crippen molar-refractivity contribution >= 4 is 5.78 Å². The molecule has 3 heteroatoms. The van der Waals surface area contributed by atoms with E-state index in [1.807, 2.05) is 39.0 Å². The second-order valence-electron chi connectivity index (χ2n) is 4.78. The Hall–Kier alpha value is -1.51. The number of carbonyl (C=O) groups is 1. The Balaban J connectivity index is 2.64. The summed E-state index contributed by atoms with van der Waals surface area (Å²) in [5.74, 6) is 2.12. The Labute approximate surface area is 122 Å². The van der Waals surface area contributed by atoms with Gasteiger partial charge in [-0.05, 0) is 56.9 Å². The van der Waals surface area contributed by atoms with E-state index in [9.17, 15) is 4.79 Å². The summed E-state index contributed by atoms with van der Waals surface area (Å²) in [7, 11) is 0. The summed E-state index contributed by atoms with van der Waals surface area (Å²) in [4.78, 5) is 11.6. The summed E-state index contributed by atoms with van der Waals surface area (Å²) in [6.45, 7) is 7.29.